The van der Waals surface area contributed by atoms with Gasteiger partial charge in [-0.3, -0.25) is 0 Å². The standard InChI is InChI=1S/C10H8F4O/c11-5-3-7-6(1-2-9(7)15)8(4-5)10(12,13)14/h3-4,9,15H,1-2H2/t9-/m0/s1. The highest BCUT2D eigenvalue weighted by atomic mass is 19.4. The first-order valence-electron chi connectivity index (χ1n) is 4.47. The summed E-state index contributed by atoms with van der Waals surface area (Å²) in [6.07, 6.45) is -5.17. The van der Waals surface area contributed by atoms with Crippen LogP contribution >= 0.6 is 0 Å². The Morgan fingerprint density at radius 1 is 1.27 bits per heavy atom. The second kappa shape index (κ2) is 3.20. The van der Waals surface area contributed by atoms with Gasteiger partial charge in [0, 0.05) is 0 Å². The van der Waals surface area contributed by atoms with Crippen LogP contribution in [0.3, 0.4) is 0 Å². The van der Waals surface area contributed by atoms with Crippen LogP contribution in [0.15, 0.2) is 12.1 Å². The first-order valence-corrected chi connectivity index (χ1v) is 4.47. The number of aliphatic hydroxyl groups excluding tert-OH is 1. The van der Waals surface area contributed by atoms with Crippen molar-refractivity contribution in [2.45, 2.75) is 25.1 Å². The summed E-state index contributed by atoms with van der Waals surface area (Å²) in [6.45, 7) is 0. The largest absolute Gasteiger partial charge is 0.416 e. The summed E-state index contributed by atoms with van der Waals surface area (Å²) in [5.74, 6) is -0.956. The molecule has 2 rings (SSSR count). The predicted molar refractivity (Wildman–Crippen MR) is 44.7 cm³/mol. The Bertz CT molecular complexity index is 397. The highest BCUT2D eigenvalue weighted by molar-refractivity contribution is 5.42. The third-order valence-corrected chi connectivity index (χ3v) is 2.58. The van der Waals surface area contributed by atoms with Gasteiger partial charge in [0.1, 0.15) is 5.82 Å². The third kappa shape index (κ3) is 1.71. The van der Waals surface area contributed by atoms with Gasteiger partial charge >= 0.3 is 6.18 Å². The highest BCUT2D eigenvalue weighted by Gasteiger charge is 2.37. The Morgan fingerprint density at radius 3 is 2.53 bits per heavy atom. The molecule has 0 saturated carbocycles. The topological polar surface area (TPSA) is 20.2 Å². The molecule has 15 heavy (non-hydrogen) atoms. The van der Waals surface area contributed by atoms with Crippen LogP contribution in [0.2, 0.25) is 0 Å². The monoisotopic (exact) mass is 220 g/mol. The third-order valence-electron chi connectivity index (χ3n) is 2.58. The average molecular weight is 220 g/mol. The number of benzene rings is 1. The van der Waals surface area contributed by atoms with Crippen LogP contribution in [0, 0.1) is 5.82 Å². The van der Waals surface area contributed by atoms with Gasteiger partial charge in [0.25, 0.3) is 0 Å². The van der Waals surface area contributed by atoms with E-state index in [4.69, 9.17) is 0 Å². The van der Waals surface area contributed by atoms with Gasteiger partial charge in [-0.25, -0.2) is 4.39 Å². The molecule has 0 spiro atoms. The van der Waals surface area contributed by atoms with Gasteiger partial charge in [0.05, 0.1) is 11.7 Å². The highest BCUT2D eigenvalue weighted by Crippen LogP contribution is 2.40. The number of aliphatic hydroxyl groups is 1. The van der Waals surface area contributed by atoms with Gasteiger partial charge in [-0.1, -0.05) is 0 Å². The maximum Gasteiger partial charge on any atom is 0.416 e. The number of hydrogen-bond acceptors (Lipinski definition) is 1. The minimum Gasteiger partial charge on any atom is -0.388 e. The fourth-order valence-electron chi connectivity index (χ4n) is 1.92. The molecule has 1 N–H and O–H groups in total. The number of hydrogen-bond donors (Lipinski definition) is 1. The van der Waals surface area contributed by atoms with E-state index in [1.165, 1.54) is 0 Å². The quantitative estimate of drug-likeness (QED) is 0.666. The molecule has 0 aliphatic heterocycles. The number of rotatable bonds is 0. The Hall–Kier alpha value is -1.10. The van der Waals surface area contributed by atoms with E-state index in [1.807, 2.05) is 0 Å². The van der Waals surface area contributed by atoms with Crippen LogP contribution in [0.4, 0.5) is 17.6 Å². The van der Waals surface area contributed by atoms with Crippen LogP contribution in [0.25, 0.3) is 0 Å². The van der Waals surface area contributed by atoms with E-state index in [-0.39, 0.29) is 24.0 Å². The summed E-state index contributed by atoms with van der Waals surface area (Å²) in [5, 5.41) is 9.36. The van der Waals surface area contributed by atoms with E-state index in [0.717, 1.165) is 6.07 Å². The smallest absolute Gasteiger partial charge is 0.388 e. The molecule has 1 aromatic rings. The zero-order chi connectivity index (χ0) is 11.2. The zero-order valence-electron chi connectivity index (χ0n) is 7.61. The van der Waals surface area contributed by atoms with Gasteiger partial charge < -0.3 is 5.11 Å². The lowest BCUT2D eigenvalue weighted by atomic mass is 10.0. The second-order valence-corrected chi connectivity index (χ2v) is 3.57. The molecule has 82 valence electrons. The lowest BCUT2D eigenvalue weighted by Gasteiger charge is -2.12. The molecule has 0 amide bonds. The van der Waals surface area contributed by atoms with Crippen molar-refractivity contribution < 1.29 is 22.7 Å². The van der Waals surface area contributed by atoms with E-state index < -0.39 is 23.7 Å². The summed E-state index contributed by atoms with van der Waals surface area (Å²) in [7, 11) is 0. The van der Waals surface area contributed by atoms with Gasteiger partial charge in [-0.05, 0) is 36.1 Å². The molecular formula is C10H8F4O. The summed E-state index contributed by atoms with van der Waals surface area (Å²) in [4.78, 5) is 0. The van der Waals surface area contributed by atoms with Crippen molar-refractivity contribution in [3.8, 4) is 0 Å². The average Bonchev–Trinajstić information content (AvgIpc) is 2.45. The molecule has 1 aliphatic rings. The minimum atomic E-state index is -4.56. The van der Waals surface area contributed by atoms with Crippen molar-refractivity contribution in [2.75, 3.05) is 0 Å². The Morgan fingerprint density at radius 2 is 1.93 bits per heavy atom. The van der Waals surface area contributed by atoms with Crippen molar-refractivity contribution in [3.63, 3.8) is 0 Å². The van der Waals surface area contributed by atoms with E-state index in [0.29, 0.717) is 6.07 Å². The van der Waals surface area contributed by atoms with Crippen molar-refractivity contribution in [1.82, 2.24) is 0 Å². The summed E-state index contributed by atoms with van der Waals surface area (Å²) >= 11 is 0. The number of alkyl halides is 3. The summed E-state index contributed by atoms with van der Waals surface area (Å²) in [5.41, 5.74) is -0.868. The molecule has 1 nitrogen and oxygen atoms in total. The Labute approximate surface area is 83.3 Å². The molecule has 0 aromatic heterocycles. The molecular weight excluding hydrogens is 212 g/mol. The maximum absolute atomic E-state index is 12.9. The van der Waals surface area contributed by atoms with E-state index in [2.05, 4.69) is 0 Å². The Kier molecular flexibility index (Phi) is 2.22. The van der Waals surface area contributed by atoms with Crippen LogP contribution in [0.5, 0.6) is 0 Å². The van der Waals surface area contributed by atoms with E-state index in [9.17, 15) is 22.7 Å². The minimum absolute atomic E-state index is 0.0244. The SMILES string of the molecule is O[C@H]1CCc2c1cc(F)cc2C(F)(F)F. The summed E-state index contributed by atoms with van der Waals surface area (Å²) in [6, 6.07) is 1.46. The molecule has 0 unspecified atom stereocenters. The number of halogens is 4. The van der Waals surface area contributed by atoms with Crippen LogP contribution in [-0.4, -0.2) is 5.11 Å². The van der Waals surface area contributed by atoms with Crippen molar-refractivity contribution >= 4 is 0 Å². The Balaban J connectivity index is 2.62. The number of fused-ring (bicyclic) bond motifs is 1. The molecule has 0 bridgehead atoms. The predicted octanol–water partition coefficient (Wildman–Crippen LogP) is 2.82. The van der Waals surface area contributed by atoms with Crippen LogP contribution < -0.4 is 0 Å². The second-order valence-electron chi connectivity index (χ2n) is 3.57. The molecule has 1 aliphatic carbocycles. The van der Waals surface area contributed by atoms with E-state index in [1.54, 1.807) is 0 Å². The molecule has 0 heterocycles. The zero-order valence-corrected chi connectivity index (χ0v) is 7.61. The van der Waals surface area contributed by atoms with Crippen molar-refractivity contribution in [1.29, 1.82) is 0 Å². The van der Waals surface area contributed by atoms with E-state index >= 15 is 0 Å². The van der Waals surface area contributed by atoms with Crippen molar-refractivity contribution in [3.05, 3.63) is 34.6 Å². The fourth-order valence-corrected chi connectivity index (χ4v) is 1.92. The van der Waals surface area contributed by atoms with Crippen LogP contribution in [0.1, 0.15) is 29.2 Å². The fraction of sp³-hybridized carbons (Fsp3) is 0.400. The van der Waals surface area contributed by atoms with Crippen molar-refractivity contribution in [2.24, 2.45) is 0 Å². The first-order chi connectivity index (χ1) is 6.89. The molecule has 0 fully saturated rings. The normalized spacial score (nSPS) is 20.5. The van der Waals surface area contributed by atoms with Gasteiger partial charge in [-0.15, -0.1) is 0 Å². The molecule has 1 atom stereocenters. The maximum atomic E-state index is 12.9. The first kappa shape index (κ1) is 10.4. The van der Waals surface area contributed by atoms with Gasteiger partial charge in [0.15, 0.2) is 0 Å². The molecule has 0 radical (unpaired) electrons. The van der Waals surface area contributed by atoms with Crippen LogP contribution in [-0.2, 0) is 12.6 Å². The lowest BCUT2D eigenvalue weighted by Crippen LogP contribution is -2.10. The molecule has 1 aromatic carbocycles. The lowest BCUT2D eigenvalue weighted by molar-refractivity contribution is -0.138. The molecule has 0 saturated heterocycles. The van der Waals surface area contributed by atoms with Gasteiger partial charge in [-0.2, -0.15) is 13.2 Å². The van der Waals surface area contributed by atoms with Gasteiger partial charge in [0.2, 0.25) is 0 Å². The summed E-state index contributed by atoms with van der Waals surface area (Å²) < 4.78 is 50.4. The molecule has 5 heteroatoms.